The highest BCUT2D eigenvalue weighted by molar-refractivity contribution is 6.18. The summed E-state index contributed by atoms with van der Waals surface area (Å²) in [5.74, 6) is 2.29. The first-order chi connectivity index (χ1) is 8.90. The van der Waals surface area contributed by atoms with E-state index in [9.17, 15) is 0 Å². The van der Waals surface area contributed by atoms with Crippen LogP contribution in [0.3, 0.4) is 0 Å². The van der Waals surface area contributed by atoms with Crippen LogP contribution < -0.4 is 14.8 Å². The van der Waals surface area contributed by atoms with Gasteiger partial charge in [0.05, 0.1) is 0 Å². The van der Waals surface area contributed by atoms with Crippen molar-refractivity contribution >= 4 is 11.6 Å². The molecule has 0 saturated carbocycles. The normalized spacial score (nSPS) is 14.1. The maximum absolute atomic E-state index is 5.55. The Morgan fingerprint density at radius 2 is 2.00 bits per heavy atom. The van der Waals surface area contributed by atoms with Crippen LogP contribution in [0.25, 0.3) is 0 Å². The van der Waals surface area contributed by atoms with Crippen molar-refractivity contribution in [2.45, 2.75) is 6.42 Å². The van der Waals surface area contributed by atoms with Gasteiger partial charge in [-0.1, -0.05) is 18.2 Å². The summed E-state index contributed by atoms with van der Waals surface area (Å²) in [5, 5.41) is 3.33. The molecular weight excluding hydrogens is 250 g/mol. The minimum absolute atomic E-state index is 0.573. The Bertz CT molecular complexity index is 407. The molecule has 0 amide bonds. The lowest BCUT2D eigenvalue weighted by molar-refractivity contribution is 0.171. The predicted octanol–water partition coefficient (Wildman–Crippen LogP) is 2.38. The Balaban J connectivity index is 1.77. The number of hydrogen-bond donors (Lipinski definition) is 1. The summed E-state index contributed by atoms with van der Waals surface area (Å²) < 4.78 is 11.0. The summed E-state index contributed by atoms with van der Waals surface area (Å²) in [6, 6.07) is 6.13. The van der Waals surface area contributed by atoms with E-state index in [1.54, 1.807) is 0 Å². The van der Waals surface area contributed by atoms with Crippen LogP contribution in [0.4, 0.5) is 0 Å². The fourth-order valence-electron chi connectivity index (χ4n) is 1.81. The van der Waals surface area contributed by atoms with Gasteiger partial charge < -0.3 is 14.8 Å². The second kappa shape index (κ2) is 7.29. The van der Waals surface area contributed by atoms with Gasteiger partial charge in [0, 0.05) is 12.4 Å². The second-order valence-electron chi connectivity index (χ2n) is 4.06. The first-order valence-electron chi connectivity index (χ1n) is 6.20. The third-order valence-electron chi connectivity index (χ3n) is 2.71. The van der Waals surface area contributed by atoms with E-state index in [0.717, 1.165) is 31.0 Å². The van der Waals surface area contributed by atoms with Crippen LogP contribution in [-0.4, -0.2) is 32.2 Å². The van der Waals surface area contributed by atoms with E-state index in [1.165, 1.54) is 5.56 Å². The van der Waals surface area contributed by atoms with E-state index < -0.39 is 0 Å². The number of benzene rings is 1. The van der Waals surface area contributed by atoms with Gasteiger partial charge in [0.2, 0.25) is 0 Å². The maximum atomic E-state index is 5.55. The van der Waals surface area contributed by atoms with Gasteiger partial charge in [-0.15, -0.1) is 11.6 Å². The maximum Gasteiger partial charge on any atom is 0.161 e. The fourth-order valence-corrected chi connectivity index (χ4v) is 1.93. The molecule has 0 bridgehead atoms. The summed E-state index contributed by atoms with van der Waals surface area (Å²) in [4.78, 5) is 0. The number of ether oxygens (including phenoxy) is 2. The Kier molecular flexibility index (Phi) is 5.36. The quantitative estimate of drug-likeness (QED) is 0.488. The van der Waals surface area contributed by atoms with Crippen molar-refractivity contribution in [3.05, 3.63) is 35.9 Å². The fraction of sp³-hybridized carbons (Fsp3) is 0.429. The van der Waals surface area contributed by atoms with Gasteiger partial charge in [-0.2, -0.15) is 0 Å². The minimum atomic E-state index is 0.573. The topological polar surface area (TPSA) is 30.5 Å². The molecule has 0 saturated heterocycles. The molecule has 0 aliphatic carbocycles. The lowest BCUT2D eigenvalue weighted by Crippen LogP contribution is -2.18. The van der Waals surface area contributed by atoms with Crippen molar-refractivity contribution in [2.75, 3.05) is 32.2 Å². The first kappa shape index (κ1) is 13.2. The molecule has 18 heavy (non-hydrogen) atoms. The van der Waals surface area contributed by atoms with E-state index in [4.69, 9.17) is 21.1 Å². The molecule has 0 spiro atoms. The van der Waals surface area contributed by atoms with Crippen LogP contribution in [0.1, 0.15) is 5.56 Å². The van der Waals surface area contributed by atoms with Crippen LogP contribution >= 0.6 is 11.6 Å². The monoisotopic (exact) mass is 267 g/mol. The van der Waals surface area contributed by atoms with E-state index >= 15 is 0 Å². The van der Waals surface area contributed by atoms with Gasteiger partial charge in [0.15, 0.2) is 11.5 Å². The first-order valence-corrected chi connectivity index (χ1v) is 6.74. The highest BCUT2D eigenvalue weighted by Gasteiger charge is 2.11. The van der Waals surface area contributed by atoms with E-state index in [2.05, 4.69) is 17.4 Å². The zero-order valence-electron chi connectivity index (χ0n) is 10.3. The third kappa shape index (κ3) is 3.93. The number of rotatable bonds is 6. The SMILES string of the molecule is ClC/C=C/CNCCc1ccc2c(c1)OCCO2. The standard InChI is InChI=1S/C14H18ClNO2/c15-6-1-2-7-16-8-5-12-3-4-13-14(11-12)18-10-9-17-13/h1-4,11,16H,5-10H2/b2-1+. The Hall–Kier alpha value is -1.19. The lowest BCUT2D eigenvalue weighted by atomic mass is 10.1. The number of nitrogens with one attached hydrogen (secondary N) is 1. The van der Waals surface area contributed by atoms with Gasteiger partial charge in [-0.25, -0.2) is 0 Å². The van der Waals surface area contributed by atoms with Gasteiger partial charge in [-0.3, -0.25) is 0 Å². The summed E-state index contributed by atoms with van der Waals surface area (Å²) in [5.41, 5.74) is 1.26. The van der Waals surface area contributed by atoms with Gasteiger partial charge in [-0.05, 0) is 30.7 Å². The number of halogens is 1. The summed E-state index contributed by atoms with van der Waals surface area (Å²) >= 11 is 5.54. The van der Waals surface area contributed by atoms with E-state index in [-0.39, 0.29) is 0 Å². The molecule has 1 aromatic carbocycles. The van der Waals surface area contributed by atoms with E-state index in [0.29, 0.717) is 19.1 Å². The smallest absolute Gasteiger partial charge is 0.161 e. The minimum Gasteiger partial charge on any atom is -0.486 e. The van der Waals surface area contributed by atoms with Gasteiger partial charge >= 0.3 is 0 Å². The molecule has 0 radical (unpaired) electrons. The molecule has 1 aromatic rings. The molecule has 1 heterocycles. The highest BCUT2D eigenvalue weighted by Crippen LogP contribution is 2.30. The Morgan fingerprint density at radius 3 is 2.83 bits per heavy atom. The van der Waals surface area contributed by atoms with Crippen molar-refractivity contribution < 1.29 is 9.47 Å². The molecule has 0 atom stereocenters. The number of allylic oxidation sites excluding steroid dienone is 1. The molecule has 98 valence electrons. The molecule has 2 rings (SSSR count). The van der Waals surface area contributed by atoms with Crippen LogP contribution in [0.2, 0.25) is 0 Å². The zero-order chi connectivity index (χ0) is 12.6. The van der Waals surface area contributed by atoms with Crippen molar-refractivity contribution in [2.24, 2.45) is 0 Å². The number of alkyl halides is 1. The molecule has 1 aliphatic rings. The van der Waals surface area contributed by atoms with E-state index in [1.807, 2.05) is 18.2 Å². The molecule has 1 aliphatic heterocycles. The lowest BCUT2D eigenvalue weighted by Gasteiger charge is -2.18. The summed E-state index contributed by atoms with van der Waals surface area (Å²) in [6.07, 6.45) is 4.96. The molecule has 0 aromatic heterocycles. The average molecular weight is 268 g/mol. The second-order valence-corrected chi connectivity index (χ2v) is 4.37. The van der Waals surface area contributed by atoms with Crippen molar-refractivity contribution in [3.8, 4) is 11.5 Å². The van der Waals surface area contributed by atoms with Crippen LogP contribution in [0, 0.1) is 0 Å². The number of hydrogen-bond acceptors (Lipinski definition) is 3. The summed E-state index contributed by atoms with van der Waals surface area (Å²) in [7, 11) is 0. The van der Waals surface area contributed by atoms with Gasteiger partial charge in [0.25, 0.3) is 0 Å². The third-order valence-corrected chi connectivity index (χ3v) is 2.89. The molecule has 3 nitrogen and oxygen atoms in total. The highest BCUT2D eigenvalue weighted by atomic mass is 35.5. The summed E-state index contributed by atoms with van der Waals surface area (Å²) in [6.45, 7) is 3.07. The van der Waals surface area contributed by atoms with Crippen LogP contribution in [0.5, 0.6) is 11.5 Å². The van der Waals surface area contributed by atoms with Crippen LogP contribution in [0.15, 0.2) is 30.4 Å². The van der Waals surface area contributed by atoms with Crippen molar-refractivity contribution in [1.29, 1.82) is 0 Å². The molecule has 1 N–H and O–H groups in total. The van der Waals surface area contributed by atoms with Crippen molar-refractivity contribution in [1.82, 2.24) is 5.32 Å². The predicted molar refractivity (Wildman–Crippen MR) is 73.9 cm³/mol. The molecule has 0 fully saturated rings. The largest absolute Gasteiger partial charge is 0.486 e. The van der Waals surface area contributed by atoms with Gasteiger partial charge in [0.1, 0.15) is 13.2 Å². The van der Waals surface area contributed by atoms with Crippen molar-refractivity contribution in [3.63, 3.8) is 0 Å². The average Bonchev–Trinajstić information content (AvgIpc) is 2.42. The number of fused-ring (bicyclic) bond motifs is 1. The molecule has 0 unspecified atom stereocenters. The van der Waals surface area contributed by atoms with Crippen LogP contribution in [-0.2, 0) is 6.42 Å². The zero-order valence-corrected chi connectivity index (χ0v) is 11.1. The Labute approximate surface area is 113 Å². The molecule has 4 heteroatoms. The molecular formula is C14H18ClNO2. The Morgan fingerprint density at radius 1 is 1.17 bits per heavy atom.